The summed E-state index contributed by atoms with van der Waals surface area (Å²) in [5.41, 5.74) is 0.922. The molecule has 0 saturated carbocycles. The van der Waals surface area contributed by atoms with Crippen LogP contribution in [0.5, 0.6) is 0 Å². The molecular formula is C10H8N2O3. The van der Waals surface area contributed by atoms with Gasteiger partial charge in [0.05, 0.1) is 0 Å². The molecule has 2 unspecified atom stereocenters. The maximum absolute atomic E-state index is 11.4. The van der Waals surface area contributed by atoms with Gasteiger partial charge in [-0.3, -0.25) is 0 Å². The summed E-state index contributed by atoms with van der Waals surface area (Å²) in [7, 11) is 0. The molecule has 76 valence electrons. The van der Waals surface area contributed by atoms with Crippen molar-refractivity contribution in [2.75, 3.05) is 0 Å². The molecule has 0 spiro atoms. The van der Waals surface area contributed by atoms with E-state index in [-0.39, 0.29) is 0 Å². The Balaban J connectivity index is 2.45. The van der Waals surface area contributed by atoms with Gasteiger partial charge in [0.1, 0.15) is 5.39 Å². The number of hydrogen-bond acceptors (Lipinski definition) is 3. The quantitative estimate of drug-likeness (QED) is 0.580. The molecule has 2 aromatic carbocycles. The monoisotopic (exact) mass is 204 g/mol. The molecular weight excluding hydrogens is 196 g/mol. The predicted octanol–water partition coefficient (Wildman–Crippen LogP) is -0.272. The summed E-state index contributed by atoms with van der Waals surface area (Å²) in [5.74, 6) is 0. The van der Waals surface area contributed by atoms with E-state index in [9.17, 15) is 10.4 Å². The number of quaternary nitrogens is 2. The third-order valence-corrected chi connectivity index (χ3v) is 2.53. The van der Waals surface area contributed by atoms with E-state index in [0.29, 0.717) is 16.8 Å². The number of rotatable bonds is 0. The van der Waals surface area contributed by atoms with Gasteiger partial charge in [-0.1, -0.05) is 24.3 Å². The molecule has 15 heavy (non-hydrogen) atoms. The lowest BCUT2D eigenvalue weighted by molar-refractivity contribution is -1.27. The van der Waals surface area contributed by atoms with Crippen LogP contribution in [0.1, 0.15) is 0 Å². The van der Waals surface area contributed by atoms with Crippen molar-refractivity contribution in [1.82, 2.24) is 0 Å². The summed E-state index contributed by atoms with van der Waals surface area (Å²) in [6.45, 7) is 0. The Morgan fingerprint density at radius 1 is 0.867 bits per heavy atom. The van der Waals surface area contributed by atoms with Gasteiger partial charge in [-0.25, -0.2) is 0 Å². The van der Waals surface area contributed by atoms with E-state index < -0.39 is 10.5 Å². The average molecular weight is 204 g/mol. The molecule has 3 rings (SSSR count). The van der Waals surface area contributed by atoms with Crippen LogP contribution in [-0.4, -0.2) is 0 Å². The van der Waals surface area contributed by atoms with Crippen LogP contribution >= 0.6 is 0 Å². The van der Waals surface area contributed by atoms with Crippen LogP contribution in [0.15, 0.2) is 36.4 Å². The first-order valence-corrected chi connectivity index (χ1v) is 4.55. The second kappa shape index (κ2) is 2.99. The summed E-state index contributed by atoms with van der Waals surface area (Å²) in [6.07, 6.45) is 0. The van der Waals surface area contributed by atoms with Gasteiger partial charge in [0.2, 0.25) is 0 Å². The fraction of sp³-hybridized carbons (Fsp3) is 0. The van der Waals surface area contributed by atoms with Gasteiger partial charge < -0.3 is 10.4 Å². The van der Waals surface area contributed by atoms with Crippen LogP contribution in [0.3, 0.4) is 0 Å². The van der Waals surface area contributed by atoms with Crippen molar-refractivity contribution in [3.05, 3.63) is 46.8 Å². The SMILES string of the molecule is [O-][NH+]1O[NH+]([O-])c2cccc3cccc1c23. The minimum Gasteiger partial charge on any atom is -0.590 e. The van der Waals surface area contributed by atoms with Gasteiger partial charge in [0.25, 0.3) is 0 Å². The van der Waals surface area contributed by atoms with Crippen LogP contribution in [0.25, 0.3) is 10.8 Å². The molecule has 0 aromatic heterocycles. The van der Waals surface area contributed by atoms with Crippen LogP contribution in [0, 0.1) is 10.4 Å². The van der Waals surface area contributed by atoms with Crippen LogP contribution < -0.4 is 10.5 Å². The molecule has 0 amide bonds. The first-order valence-electron chi connectivity index (χ1n) is 4.55. The predicted molar refractivity (Wildman–Crippen MR) is 53.0 cm³/mol. The molecule has 0 aliphatic carbocycles. The maximum Gasteiger partial charge on any atom is 0.182 e. The highest BCUT2D eigenvalue weighted by Gasteiger charge is 2.25. The fourth-order valence-electron chi connectivity index (χ4n) is 1.88. The molecule has 2 aromatic rings. The normalized spacial score (nSPS) is 24.4. The highest BCUT2D eigenvalue weighted by molar-refractivity contribution is 5.98. The Labute approximate surface area is 85.1 Å². The zero-order valence-electron chi connectivity index (χ0n) is 7.69. The fourth-order valence-corrected chi connectivity index (χ4v) is 1.88. The average Bonchev–Trinajstić information content (AvgIpc) is 2.25. The summed E-state index contributed by atoms with van der Waals surface area (Å²) in [4.78, 5) is 4.63. The van der Waals surface area contributed by atoms with Gasteiger partial charge >= 0.3 is 0 Å². The van der Waals surface area contributed by atoms with Gasteiger partial charge in [-0.2, -0.15) is 0 Å². The molecule has 1 aliphatic rings. The van der Waals surface area contributed by atoms with Crippen molar-refractivity contribution in [1.29, 1.82) is 0 Å². The first-order chi connectivity index (χ1) is 7.27. The van der Waals surface area contributed by atoms with E-state index in [0.717, 1.165) is 5.39 Å². The minimum absolute atomic E-state index is 0.461. The lowest BCUT2D eigenvalue weighted by Crippen LogP contribution is -3.22. The second-order valence-corrected chi connectivity index (χ2v) is 3.39. The van der Waals surface area contributed by atoms with Gasteiger partial charge in [0.15, 0.2) is 11.4 Å². The van der Waals surface area contributed by atoms with Crippen LogP contribution in [0.2, 0.25) is 0 Å². The van der Waals surface area contributed by atoms with E-state index in [1.165, 1.54) is 0 Å². The largest absolute Gasteiger partial charge is 0.590 e. The molecule has 5 nitrogen and oxygen atoms in total. The third kappa shape index (κ3) is 1.16. The Morgan fingerprint density at radius 3 is 1.93 bits per heavy atom. The summed E-state index contributed by atoms with van der Waals surface area (Å²) < 4.78 is 0. The van der Waals surface area contributed by atoms with Crippen LogP contribution in [0.4, 0.5) is 11.4 Å². The highest BCUT2D eigenvalue weighted by Crippen LogP contribution is 2.27. The molecule has 1 heterocycles. The maximum atomic E-state index is 11.4. The molecule has 5 heteroatoms. The molecule has 0 radical (unpaired) electrons. The first kappa shape index (κ1) is 8.78. The van der Waals surface area contributed by atoms with E-state index in [1.54, 1.807) is 24.3 Å². The minimum atomic E-state index is -0.565. The van der Waals surface area contributed by atoms with Crippen molar-refractivity contribution in [2.45, 2.75) is 0 Å². The molecule has 2 N–H and O–H groups in total. The van der Waals surface area contributed by atoms with Crippen molar-refractivity contribution < 1.29 is 15.4 Å². The molecule has 2 atom stereocenters. The zero-order chi connectivity index (χ0) is 10.4. The molecule has 0 saturated heterocycles. The molecule has 0 bridgehead atoms. The zero-order valence-corrected chi connectivity index (χ0v) is 7.69. The molecule has 0 fully saturated rings. The van der Waals surface area contributed by atoms with Crippen molar-refractivity contribution in [3.8, 4) is 0 Å². The van der Waals surface area contributed by atoms with Gasteiger partial charge in [-0.15, -0.1) is 10.5 Å². The van der Waals surface area contributed by atoms with E-state index in [1.807, 2.05) is 12.1 Å². The summed E-state index contributed by atoms with van der Waals surface area (Å²) >= 11 is 0. The van der Waals surface area contributed by atoms with Crippen molar-refractivity contribution in [2.24, 2.45) is 0 Å². The summed E-state index contributed by atoms with van der Waals surface area (Å²) in [6, 6.07) is 10.6. The van der Waals surface area contributed by atoms with E-state index in [4.69, 9.17) is 0 Å². The lowest BCUT2D eigenvalue weighted by atomic mass is 10.1. The summed E-state index contributed by atoms with van der Waals surface area (Å²) in [5, 5.41) is 23.3. The van der Waals surface area contributed by atoms with Gasteiger partial charge in [-0.05, 0) is 5.39 Å². The highest BCUT2D eigenvalue weighted by atomic mass is 17.1. The van der Waals surface area contributed by atoms with E-state index in [2.05, 4.69) is 4.94 Å². The number of nitrogens with one attached hydrogen (secondary N) is 2. The second-order valence-electron chi connectivity index (χ2n) is 3.39. The topological polar surface area (TPSA) is 64.2 Å². The molecule has 1 aliphatic heterocycles. The Hall–Kier alpha value is -1.50. The number of benzene rings is 2. The van der Waals surface area contributed by atoms with Gasteiger partial charge in [0, 0.05) is 17.1 Å². The van der Waals surface area contributed by atoms with E-state index >= 15 is 0 Å². The van der Waals surface area contributed by atoms with Crippen molar-refractivity contribution >= 4 is 22.1 Å². The Bertz CT molecular complexity index is 486. The smallest absolute Gasteiger partial charge is 0.182 e. The standard InChI is InChI=1S/C10H8N2O3/c13-11-8-5-1-3-7-4-2-6-9(10(7)8)12(14)15-11/h1-6,11-12H. The third-order valence-electron chi connectivity index (χ3n) is 2.53. The Morgan fingerprint density at radius 2 is 1.40 bits per heavy atom. The van der Waals surface area contributed by atoms with Crippen molar-refractivity contribution in [3.63, 3.8) is 0 Å². The Kier molecular flexibility index (Phi) is 1.75. The number of hydrogen-bond donors (Lipinski definition) is 2. The van der Waals surface area contributed by atoms with Crippen LogP contribution in [-0.2, 0) is 4.94 Å². The lowest BCUT2D eigenvalue weighted by Gasteiger charge is -2.29.